The Labute approximate surface area is 131 Å². The molecular formula is C18H23N3O. The number of benzene rings is 1. The molecule has 0 spiro atoms. The fraction of sp³-hybridized carbons (Fsp3) is 0.444. The molecule has 1 aliphatic rings. The van der Waals surface area contributed by atoms with Gasteiger partial charge in [-0.05, 0) is 43.9 Å². The molecule has 4 nitrogen and oxygen atoms in total. The third-order valence-electron chi connectivity index (χ3n) is 4.55. The fourth-order valence-electron chi connectivity index (χ4n) is 3.19. The molecule has 1 N–H and O–H groups in total. The molecule has 1 amide bonds. The third-order valence-corrected chi connectivity index (χ3v) is 4.55. The normalized spacial score (nSPS) is 21.5. The molecule has 116 valence electrons. The molecule has 2 atom stereocenters. The minimum absolute atomic E-state index is 0.0588. The molecule has 3 rings (SSSR count). The standard InChI is InChI=1S/C18H23N3O/c1-13-8-6-7-11-16(13)19-18(22)17-12-14(2)21(20-17)15-9-4-3-5-10-15/h3-5,9-10,12-13,16H,6-8,11H2,1-2H3,(H,19,22). The van der Waals surface area contributed by atoms with Crippen LogP contribution in [0.4, 0.5) is 0 Å². The van der Waals surface area contributed by atoms with E-state index in [0.717, 1.165) is 17.8 Å². The fourth-order valence-corrected chi connectivity index (χ4v) is 3.19. The van der Waals surface area contributed by atoms with Crippen LogP contribution in [0.5, 0.6) is 0 Å². The van der Waals surface area contributed by atoms with E-state index in [9.17, 15) is 4.79 Å². The van der Waals surface area contributed by atoms with E-state index < -0.39 is 0 Å². The van der Waals surface area contributed by atoms with Crippen molar-refractivity contribution in [3.05, 3.63) is 47.8 Å². The summed E-state index contributed by atoms with van der Waals surface area (Å²) >= 11 is 0. The predicted molar refractivity (Wildman–Crippen MR) is 87.2 cm³/mol. The summed E-state index contributed by atoms with van der Waals surface area (Å²) in [6.07, 6.45) is 4.75. The highest BCUT2D eigenvalue weighted by atomic mass is 16.2. The number of aryl methyl sites for hydroxylation is 1. The van der Waals surface area contributed by atoms with Gasteiger partial charge in [-0.25, -0.2) is 4.68 Å². The van der Waals surface area contributed by atoms with Crippen LogP contribution >= 0.6 is 0 Å². The van der Waals surface area contributed by atoms with Crippen molar-refractivity contribution >= 4 is 5.91 Å². The van der Waals surface area contributed by atoms with E-state index in [4.69, 9.17) is 0 Å². The average molecular weight is 297 g/mol. The van der Waals surface area contributed by atoms with Gasteiger partial charge in [0, 0.05) is 11.7 Å². The lowest BCUT2D eigenvalue weighted by atomic mass is 9.86. The lowest BCUT2D eigenvalue weighted by Gasteiger charge is -2.29. The van der Waals surface area contributed by atoms with Crippen molar-refractivity contribution in [1.29, 1.82) is 0 Å². The molecule has 1 saturated carbocycles. The summed E-state index contributed by atoms with van der Waals surface area (Å²) < 4.78 is 1.82. The number of hydrogen-bond donors (Lipinski definition) is 1. The molecular weight excluding hydrogens is 274 g/mol. The lowest BCUT2D eigenvalue weighted by Crippen LogP contribution is -2.41. The second kappa shape index (κ2) is 6.34. The van der Waals surface area contributed by atoms with E-state index in [0.29, 0.717) is 11.6 Å². The minimum Gasteiger partial charge on any atom is -0.348 e. The first-order valence-electron chi connectivity index (χ1n) is 8.08. The predicted octanol–water partition coefficient (Wildman–Crippen LogP) is 3.49. The Morgan fingerprint density at radius 1 is 1.23 bits per heavy atom. The molecule has 0 bridgehead atoms. The van der Waals surface area contributed by atoms with Crippen LogP contribution in [0.15, 0.2) is 36.4 Å². The Kier molecular flexibility index (Phi) is 4.27. The highest BCUT2D eigenvalue weighted by molar-refractivity contribution is 5.92. The van der Waals surface area contributed by atoms with Crippen LogP contribution in [0.1, 0.15) is 48.8 Å². The summed E-state index contributed by atoms with van der Waals surface area (Å²) in [6.45, 7) is 4.19. The smallest absolute Gasteiger partial charge is 0.272 e. The maximum Gasteiger partial charge on any atom is 0.272 e. The SMILES string of the molecule is Cc1cc(C(=O)NC2CCCCC2C)nn1-c1ccccc1. The number of nitrogens with one attached hydrogen (secondary N) is 1. The topological polar surface area (TPSA) is 46.9 Å². The Morgan fingerprint density at radius 3 is 2.68 bits per heavy atom. The molecule has 1 fully saturated rings. The maximum absolute atomic E-state index is 12.5. The van der Waals surface area contributed by atoms with Crippen LogP contribution in [0.3, 0.4) is 0 Å². The van der Waals surface area contributed by atoms with Crippen molar-refractivity contribution < 1.29 is 4.79 Å². The first-order valence-corrected chi connectivity index (χ1v) is 8.08. The van der Waals surface area contributed by atoms with Crippen LogP contribution in [-0.2, 0) is 0 Å². The van der Waals surface area contributed by atoms with Crippen molar-refractivity contribution in [2.75, 3.05) is 0 Å². The van der Waals surface area contributed by atoms with Gasteiger partial charge in [0.05, 0.1) is 5.69 Å². The maximum atomic E-state index is 12.5. The number of para-hydroxylation sites is 1. The summed E-state index contributed by atoms with van der Waals surface area (Å²) in [5.74, 6) is 0.492. The highest BCUT2D eigenvalue weighted by Gasteiger charge is 2.24. The molecule has 2 unspecified atom stereocenters. The van der Waals surface area contributed by atoms with E-state index in [1.54, 1.807) is 0 Å². The van der Waals surface area contributed by atoms with E-state index in [2.05, 4.69) is 17.3 Å². The minimum atomic E-state index is -0.0588. The van der Waals surface area contributed by atoms with Gasteiger partial charge < -0.3 is 5.32 Å². The first-order chi connectivity index (χ1) is 10.6. The van der Waals surface area contributed by atoms with E-state index in [1.165, 1.54) is 19.3 Å². The van der Waals surface area contributed by atoms with Gasteiger partial charge in [-0.1, -0.05) is 38.0 Å². The Morgan fingerprint density at radius 2 is 1.95 bits per heavy atom. The van der Waals surface area contributed by atoms with Gasteiger partial charge in [0.2, 0.25) is 0 Å². The van der Waals surface area contributed by atoms with Crippen molar-refractivity contribution in [2.45, 2.75) is 45.6 Å². The number of carbonyl (C=O) groups is 1. The quantitative estimate of drug-likeness (QED) is 0.942. The second-order valence-corrected chi connectivity index (χ2v) is 6.26. The van der Waals surface area contributed by atoms with Gasteiger partial charge in [-0.15, -0.1) is 0 Å². The molecule has 22 heavy (non-hydrogen) atoms. The van der Waals surface area contributed by atoms with Gasteiger partial charge in [0.15, 0.2) is 5.69 Å². The average Bonchev–Trinajstić information content (AvgIpc) is 2.92. The van der Waals surface area contributed by atoms with E-state index in [-0.39, 0.29) is 11.9 Å². The molecule has 1 heterocycles. The molecule has 4 heteroatoms. The van der Waals surface area contributed by atoms with Crippen molar-refractivity contribution in [1.82, 2.24) is 15.1 Å². The number of hydrogen-bond acceptors (Lipinski definition) is 2. The largest absolute Gasteiger partial charge is 0.348 e. The van der Waals surface area contributed by atoms with Crippen LogP contribution < -0.4 is 5.32 Å². The van der Waals surface area contributed by atoms with Gasteiger partial charge in [0.1, 0.15) is 0 Å². The summed E-state index contributed by atoms with van der Waals surface area (Å²) in [5.41, 5.74) is 2.44. The molecule has 0 aliphatic heterocycles. The number of aromatic nitrogens is 2. The van der Waals surface area contributed by atoms with Gasteiger partial charge in [0.25, 0.3) is 5.91 Å². The molecule has 0 saturated heterocycles. The second-order valence-electron chi connectivity index (χ2n) is 6.26. The first kappa shape index (κ1) is 14.8. The van der Waals surface area contributed by atoms with Crippen LogP contribution in [0.2, 0.25) is 0 Å². The van der Waals surface area contributed by atoms with Gasteiger partial charge in [-0.3, -0.25) is 4.79 Å². The number of nitrogens with zero attached hydrogens (tertiary/aromatic N) is 2. The number of rotatable bonds is 3. The lowest BCUT2D eigenvalue weighted by molar-refractivity contribution is 0.0904. The number of amides is 1. The van der Waals surface area contributed by atoms with Gasteiger partial charge in [-0.2, -0.15) is 5.10 Å². The Hall–Kier alpha value is -2.10. The number of carbonyl (C=O) groups excluding carboxylic acids is 1. The van der Waals surface area contributed by atoms with Crippen LogP contribution in [0.25, 0.3) is 5.69 Å². The van der Waals surface area contributed by atoms with Crippen molar-refractivity contribution in [2.24, 2.45) is 5.92 Å². The third kappa shape index (κ3) is 3.06. The molecule has 1 aromatic heterocycles. The van der Waals surface area contributed by atoms with E-state index >= 15 is 0 Å². The summed E-state index contributed by atoms with van der Waals surface area (Å²) in [5, 5.41) is 7.64. The zero-order chi connectivity index (χ0) is 15.5. The molecule has 0 radical (unpaired) electrons. The molecule has 1 aliphatic carbocycles. The molecule has 1 aromatic carbocycles. The Bertz CT molecular complexity index is 648. The highest BCUT2D eigenvalue weighted by Crippen LogP contribution is 2.24. The van der Waals surface area contributed by atoms with Gasteiger partial charge >= 0.3 is 0 Å². The summed E-state index contributed by atoms with van der Waals surface area (Å²) in [7, 11) is 0. The zero-order valence-electron chi connectivity index (χ0n) is 13.2. The Balaban J connectivity index is 1.76. The monoisotopic (exact) mass is 297 g/mol. The van der Waals surface area contributed by atoms with Crippen molar-refractivity contribution in [3.8, 4) is 5.69 Å². The van der Waals surface area contributed by atoms with Crippen LogP contribution in [-0.4, -0.2) is 21.7 Å². The molecule has 2 aromatic rings. The van der Waals surface area contributed by atoms with Crippen LogP contribution in [0, 0.1) is 12.8 Å². The summed E-state index contributed by atoms with van der Waals surface area (Å²) in [4.78, 5) is 12.5. The summed E-state index contributed by atoms with van der Waals surface area (Å²) in [6, 6.07) is 12.0. The van der Waals surface area contributed by atoms with E-state index in [1.807, 2.05) is 48.0 Å². The van der Waals surface area contributed by atoms with Crippen molar-refractivity contribution in [3.63, 3.8) is 0 Å². The zero-order valence-corrected chi connectivity index (χ0v) is 13.2.